The van der Waals surface area contributed by atoms with Gasteiger partial charge in [0, 0.05) is 12.4 Å². The first-order valence-electron chi connectivity index (χ1n) is 10.9. The molecule has 0 saturated carbocycles. The van der Waals surface area contributed by atoms with Crippen molar-refractivity contribution in [1.29, 1.82) is 0 Å². The van der Waals surface area contributed by atoms with Crippen molar-refractivity contribution in [2.24, 2.45) is 5.92 Å². The number of hydrogen-bond donors (Lipinski definition) is 1. The smallest absolute Gasteiger partial charge is 0.347 e. The van der Waals surface area contributed by atoms with Crippen LogP contribution in [0.1, 0.15) is 41.8 Å². The zero-order valence-corrected chi connectivity index (χ0v) is 20.6. The topological polar surface area (TPSA) is 120 Å². The van der Waals surface area contributed by atoms with Gasteiger partial charge in [-0.2, -0.15) is 8.42 Å². The monoisotopic (exact) mass is 499 g/mol. The molecule has 1 unspecified atom stereocenters. The summed E-state index contributed by atoms with van der Waals surface area (Å²) in [6.45, 7) is 5.91. The fraction of sp³-hybridized carbons (Fsp3) is 0.269. The molecule has 0 aliphatic heterocycles. The first-order valence-corrected chi connectivity index (χ1v) is 12.4. The van der Waals surface area contributed by atoms with Crippen molar-refractivity contribution in [2.45, 2.75) is 44.8 Å². The summed E-state index contributed by atoms with van der Waals surface area (Å²) in [5, 5.41) is 0. The minimum atomic E-state index is -4.02. The summed E-state index contributed by atoms with van der Waals surface area (Å²) < 4.78 is 40.2. The number of pyridine rings is 1. The standard InChI is InChI=1S/C19H21NO4.C7H8O3S/c1-14(2)12-17(24-18(21)16-8-10-20-11-9-16)19(22)23-13-15-6-4-3-5-7-15;1-6-2-4-7(5-3-6)11(8,9)10/h3-11,14,17H,12-13H2,1-2H3;2-5H,1H3,(H,8,9,10). The number of benzene rings is 2. The van der Waals surface area contributed by atoms with E-state index in [1.54, 1.807) is 24.3 Å². The SMILES string of the molecule is CC(C)CC(OC(=O)c1ccncc1)C(=O)OCc1ccccc1.Cc1ccc(S(=O)(=O)O)cc1. The second-order valence-corrected chi connectivity index (χ2v) is 9.56. The van der Waals surface area contributed by atoms with Crippen LogP contribution in [0.3, 0.4) is 0 Å². The second kappa shape index (κ2) is 13.4. The van der Waals surface area contributed by atoms with Crippen LogP contribution in [-0.4, -0.2) is 36.0 Å². The molecule has 0 bridgehead atoms. The molecule has 186 valence electrons. The number of carbonyl (C=O) groups excluding carboxylic acids is 2. The summed E-state index contributed by atoms with van der Waals surface area (Å²) in [6, 6.07) is 18.5. The molecule has 35 heavy (non-hydrogen) atoms. The summed E-state index contributed by atoms with van der Waals surface area (Å²) in [4.78, 5) is 28.3. The fourth-order valence-electron chi connectivity index (χ4n) is 2.84. The molecule has 1 N–H and O–H groups in total. The second-order valence-electron chi connectivity index (χ2n) is 8.14. The quantitative estimate of drug-likeness (QED) is 0.352. The maximum absolute atomic E-state index is 12.3. The van der Waals surface area contributed by atoms with Gasteiger partial charge in [-0.1, -0.05) is 61.9 Å². The average Bonchev–Trinajstić information content (AvgIpc) is 2.83. The van der Waals surface area contributed by atoms with Gasteiger partial charge in [0.25, 0.3) is 10.1 Å². The predicted octanol–water partition coefficient (Wildman–Crippen LogP) is 4.64. The molecule has 1 atom stereocenters. The van der Waals surface area contributed by atoms with Crippen molar-refractivity contribution < 1.29 is 32.0 Å². The van der Waals surface area contributed by atoms with Crippen molar-refractivity contribution in [2.75, 3.05) is 0 Å². The van der Waals surface area contributed by atoms with Gasteiger partial charge < -0.3 is 9.47 Å². The minimum absolute atomic E-state index is 0.0666. The number of nitrogens with zero attached hydrogens (tertiary/aromatic N) is 1. The molecule has 0 aliphatic rings. The summed E-state index contributed by atoms with van der Waals surface area (Å²) in [5.74, 6) is -0.904. The molecule has 0 aliphatic carbocycles. The molecule has 8 nitrogen and oxygen atoms in total. The first-order chi connectivity index (χ1) is 16.6. The van der Waals surface area contributed by atoms with E-state index in [4.69, 9.17) is 14.0 Å². The molecule has 2 aromatic carbocycles. The van der Waals surface area contributed by atoms with Crippen molar-refractivity contribution in [3.05, 3.63) is 95.8 Å². The van der Waals surface area contributed by atoms with Crippen molar-refractivity contribution >= 4 is 22.1 Å². The Balaban J connectivity index is 0.000000328. The Bertz CT molecular complexity index is 1180. The van der Waals surface area contributed by atoms with Gasteiger partial charge in [-0.15, -0.1) is 0 Å². The number of hydrogen-bond acceptors (Lipinski definition) is 7. The Labute approximate surface area is 205 Å². The Hall–Kier alpha value is -3.56. The molecule has 3 aromatic rings. The van der Waals surface area contributed by atoms with Gasteiger partial charge in [-0.05, 0) is 49.1 Å². The molecule has 0 spiro atoms. The number of esters is 2. The van der Waals surface area contributed by atoms with Crippen LogP contribution in [0, 0.1) is 12.8 Å². The lowest BCUT2D eigenvalue weighted by Crippen LogP contribution is -2.30. The Morgan fingerprint density at radius 3 is 2.09 bits per heavy atom. The van der Waals surface area contributed by atoms with E-state index in [1.165, 1.54) is 24.5 Å². The summed E-state index contributed by atoms with van der Waals surface area (Å²) in [6.07, 6.45) is 2.49. The van der Waals surface area contributed by atoms with E-state index in [0.29, 0.717) is 12.0 Å². The van der Waals surface area contributed by atoms with Crippen LogP contribution in [0.15, 0.2) is 84.0 Å². The van der Waals surface area contributed by atoms with Gasteiger partial charge in [-0.3, -0.25) is 9.54 Å². The van der Waals surface area contributed by atoms with E-state index in [2.05, 4.69) is 4.98 Å². The number of aryl methyl sites for hydroxylation is 1. The highest BCUT2D eigenvalue weighted by molar-refractivity contribution is 7.85. The van der Waals surface area contributed by atoms with Gasteiger partial charge in [0.1, 0.15) is 6.61 Å². The Morgan fingerprint density at radius 1 is 0.943 bits per heavy atom. The predicted molar refractivity (Wildman–Crippen MR) is 130 cm³/mol. The maximum atomic E-state index is 12.3. The maximum Gasteiger partial charge on any atom is 0.347 e. The highest BCUT2D eigenvalue weighted by atomic mass is 32.2. The van der Waals surface area contributed by atoms with E-state index in [9.17, 15) is 18.0 Å². The Morgan fingerprint density at radius 2 is 1.54 bits per heavy atom. The minimum Gasteiger partial charge on any atom is -0.458 e. The highest BCUT2D eigenvalue weighted by Crippen LogP contribution is 2.14. The number of rotatable bonds is 8. The molecule has 0 saturated heterocycles. The van der Waals surface area contributed by atoms with Crippen LogP contribution in [0.25, 0.3) is 0 Å². The zero-order valence-electron chi connectivity index (χ0n) is 19.8. The van der Waals surface area contributed by atoms with Crippen LogP contribution in [0.2, 0.25) is 0 Å². The zero-order chi connectivity index (χ0) is 25.8. The van der Waals surface area contributed by atoms with E-state index in [0.717, 1.165) is 11.1 Å². The van der Waals surface area contributed by atoms with Crippen LogP contribution >= 0.6 is 0 Å². The van der Waals surface area contributed by atoms with Crippen LogP contribution < -0.4 is 0 Å². The molecule has 1 heterocycles. The van der Waals surface area contributed by atoms with Gasteiger partial charge in [0.05, 0.1) is 10.5 Å². The van der Waals surface area contributed by atoms with E-state index in [-0.39, 0.29) is 17.4 Å². The summed E-state index contributed by atoms with van der Waals surface area (Å²) >= 11 is 0. The van der Waals surface area contributed by atoms with E-state index in [1.807, 2.05) is 51.1 Å². The summed E-state index contributed by atoms with van der Waals surface area (Å²) in [5.41, 5.74) is 2.20. The lowest BCUT2D eigenvalue weighted by molar-refractivity contribution is -0.156. The van der Waals surface area contributed by atoms with Gasteiger partial charge in [0.15, 0.2) is 6.10 Å². The molecule has 1 aromatic heterocycles. The van der Waals surface area contributed by atoms with Crippen LogP contribution in [0.5, 0.6) is 0 Å². The third-order valence-corrected chi connectivity index (χ3v) is 5.52. The van der Waals surface area contributed by atoms with Crippen LogP contribution in [-0.2, 0) is 31.0 Å². The lowest BCUT2D eigenvalue weighted by atomic mass is 10.1. The molecular weight excluding hydrogens is 470 g/mol. The van der Waals surface area contributed by atoms with Gasteiger partial charge >= 0.3 is 11.9 Å². The molecule has 0 radical (unpaired) electrons. The number of carbonyl (C=O) groups is 2. The normalized spacial score (nSPS) is 11.7. The molecule has 3 rings (SSSR count). The third-order valence-electron chi connectivity index (χ3n) is 4.66. The van der Waals surface area contributed by atoms with Gasteiger partial charge in [0.2, 0.25) is 0 Å². The number of ether oxygens (including phenoxy) is 2. The van der Waals surface area contributed by atoms with Crippen molar-refractivity contribution in [3.63, 3.8) is 0 Å². The first kappa shape index (κ1) is 27.7. The largest absolute Gasteiger partial charge is 0.458 e. The Kier molecular flexibility index (Phi) is 10.6. The van der Waals surface area contributed by atoms with Crippen molar-refractivity contribution in [3.8, 4) is 0 Å². The number of aromatic nitrogens is 1. The summed E-state index contributed by atoms with van der Waals surface area (Å²) in [7, 11) is -4.02. The fourth-order valence-corrected chi connectivity index (χ4v) is 3.32. The highest BCUT2D eigenvalue weighted by Gasteiger charge is 2.26. The average molecular weight is 500 g/mol. The third kappa shape index (κ3) is 10.1. The molecular formula is C26H29NO7S. The van der Waals surface area contributed by atoms with Gasteiger partial charge in [-0.25, -0.2) is 9.59 Å². The van der Waals surface area contributed by atoms with E-state index >= 15 is 0 Å². The molecule has 9 heteroatoms. The molecule has 0 amide bonds. The van der Waals surface area contributed by atoms with E-state index < -0.39 is 28.2 Å². The van der Waals surface area contributed by atoms with Crippen LogP contribution in [0.4, 0.5) is 0 Å². The lowest BCUT2D eigenvalue weighted by Gasteiger charge is -2.18. The molecule has 0 fully saturated rings. The van der Waals surface area contributed by atoms with Crippen molar-refractivity contribution in [1.82, 2.24) is 4.98 Å².